The molecule has 0 bridgehead atoms. The number of thioether (sulfide) groups is 1. The molecule has 30 heavy (non-hydrogen) atoms. The van der Waals surface area contributed by atoms with Gasteiger partial charge in [0.1, 0.15) is 0 Å². The molecule has 0 saturated carbocycles. The summed E-state index contributed by atoms with van der Waals surface area (Å²) >= 11 is 1.26. The second kappa shape index (κ2) is 10.1. The highest BCUT2D eigenvalue weighted by Gasteiger charge is 2.17. The van der Waals surface area contributed by atoms with E-state index < -0.39 is 0 Å². The van der Waals surface area contributed by atoms with Crippen molar-refractivity contribution in [3.8, 4) is 5.69 Å². The number of aryl methyl sites for hydroxylation is 1. The van der Waals surface area contributed by atoms with Crippen LogP contribution in [0.4, 0.5) is 0 Å². The molecule has 0 aliphatic carbocycles. The third-order valence-corrected chi connectivity index (χ3v) is 5.65. The third-order valence-electron chi connectivity index (χ3n) is 4.72. The highest BCUT2D eigenvalue weighted by molar-refractivity contribution is 7.99. The standard InChI is InChI=1S/C24H25N3O2S/c1-4-15-26(16-5-2)22(28)17-30-24-25-21-10-8-7-9-20(21)23(29)27(24)19-13-11-18(6-3)12-14-19/h4-5,7-14H,1-2,6,15-17H2,3H3. The summed E-state index contributed by atoms with van der Waals surface area (Å²) in [5.74, 6) is 0.106. The maximum Gasteiger partial charge on any atom is 0.266 e. The van der Waals surface area contributed by atoms with E-state index in [9.17, 15) is 9.59 Å². The van der Waals surface area contributed by atoms with Crippen LogP contribution >= 0.6 is 11.8 Å². The number of para-hydroxylation sites is 1. The van der Waals surface area contributed by atoms with Gasteiger partial charge in [0, 0.05) is 13.1 Å². The molecule has 1 aromatic heterocycles. The zero-order chi connectivity index (χ0) is 21.5. The number of amides is 1. The van der Waals surface area contributed by atoms with E-state index in [2.05, 4.69) is 20.1 Å². The quantitative estimate of drug-likeness (QED) is 0.296. The van der Waals surface area contributed by atoms with Gasteiger partial charge in [-0.05, 0) is 36.2 Å². The summed E-state index contributed by atoms with van der Waals surface area (Å²) < 4.78 is 1.59. The van der Waals surface area contributed by atoms with Crippen LogP contribution in [0.2, 0.25) is 0 Å². The minimum Gasteiger partial charge on any atom is -0.335 e. The lowest BCUT2D eigenvalue weighted by Crippen LogP contribution is -2.33. The molecular formula is C24H25N3O2S. The number of nitrogens with zero attached hydrogens (tertiary/aromatic N) is 3. The van der Waals surface area contributed by atoms with Gasteiger partial charge in [-0.2, -0.15) is 0 Å². The van der Waals surface area contributed by atoms with Crippen LogP contribution in [0.25, 0.3) is 16.6 Å². The normalized spacial score (nSPS) is 10.7. The van der Waals surface area contributed by atoms with Crippen molar-refractivity contribution in [3.05, 3.63) is 89.8 Å². The fourth-order valence-electron chi connectivity index (χ4n) is 3.13. The molecule has 1 amide bonds. The number of rotatable bonds is 9. The molecule has 1 heterocycles. The Balaban J connectivity index is 2.01. The first-order valence-electron chi connectivity index (χ1n) is 9.82. The Kier molecular flexibility index (Phi) is 7.25. The van der Waals surface area contributed by atoms with Crippen LogP contribution in [0, 0.1) is 0 Å². The van der Waals surface area contributed by atoms with E-state index in [0.29, 0.717) is 29.1 Å². The summed E-state index contributed by atoms with van der Waals surface area (Å²) in [6.07, 6.45) is 4.29. The minimum absolute atomic E-state index is 0.0601. The monoisotopic (exact) mass is 419 g/mol. The summed E-state index contributed by atoms with van der Waals surface area (Å²) in [5.41, 5.74) is 2.40. The fraction of sp³-hybridized carbons (Fsp3) is 0.208. The zero-order valence-electron chi connectivity index (χ0n) is 17.1. The molecule has 0 radical (unpaired) electrons. The fourth-order valence-corrected chi connectivity index (χ4v) is 4.04. The Bertz CT molecular complexity index is 1110. The van der Waals surface area contributed by atoms with Crippen LogP contribution in [0.5, 0.6) is 0 Å². The lowest BCUT2D eigenvalue weighted by molar-refractivity contribution is -0.127. The molecule has 154 valence electrons. The number of aromatic nitrogens is 2. The Labute approximate surface area is 180 Å². The maximum absolute atomic E-state index is 13.3. The summed E-state index contributed by atoms with van der Waals surface area (Å²) in [6, 6.07) is 15.1. The molecule has 3 aromatic rings. The smallest absolute Gasteiger partial charge is 0.266 e. The minimum atomic E-state index is -0.145. The van der Waals surface area contributed by atoms with E-state index in [1.807, 2.05) is 42.5 Å². The number of carbonyl (C=O) groups excluding carboxylic acids is 1. The largest absolute Gasteiger partial charge is 0.335 e. The van der Waals surface area contributed by atoms with Gasteiger partial charge in [0.15, 0.2) is 5.16 Å². The van der Waals surface area contributed by atoms with Gasteiger partial charge < -0.3 is 4.90 Å². The second-order valence-electron chi connectivity index (χ2n) is 6.74. The molecule has 3 rings (SSSR count). The van der Waals surface area contributed by atoms with Crippen molar-refractivity contribution in [2.24, 2.45) is 0 Å². The van der Waals surface area contributed by atoms with Gasteiger partial charge in [-0.1, -0.05) is 55.1 Å². The van der Waals surface area contributed by atoms with Gasteiger partial charge >= 0.3 is 0 Å². The highest BCUT2D eigenvalue weighted by Crippen LogP contribution is 2.22. The summed E-state index contributed by atoms with van der Waals surface area (Å²) in [6.45, 7) is 10.4. The number of hydrogen-bond donors (Lipinski definition) is 0. The van der Waals surface area contributed by atoms with E-state index in [0.717, 1.165) is 12.1 Å². The molecule has 0 saturated heterocycles. The van der Waals surface area contributed by atoms with Gasteiger partial charge in [0.05, 0.1) is 22.3 Å². The number of benzene rings is 2. The van der Waals surface area contributed by atoms with Crippen LogP contribution < -0.4 is 5.56 Å². The SMILES string of the molecule is C=CCN(CC=C)C(=O)CSc1nc2ccccc2c(=O)n1-c1ccc(CC)cc1. The van der Waals surface area contributed by atoms with E-state index in [4.69, 9.17) is 4.98 Å². The molecule has 0 aliphatic rings. The first-order chi connectivity index (χ1) is 14.6. The Morgan fingerprint density at radius 1 is 1.10 bits per heavy atom. The van der Waals surface area contributed by atoms with Crippen molar-refractivity contribution in [1.29, 1.82) is 0 Å². The molecule has 0 fully saturated rings. The molecule has 5 nitrogen and oxygen atoms in total. The summed E-state index contributed by atoms with van der Waals surface area (Å²) in [7, 11) is 0. The number of carbonyl (C=O) groups is 1. The van der Waals surface area contributed by atoms with E-state index in [-0.39, 0.29) is 17.2 Å². The van der Waals surface area contributed by atoms with Crippen LogP contribution in [-0.4, -0.2) is 39.2 Å². The molecular weight excluding hydrogens is 394 g/mol. The summed E-state index contributed by atoms with van der Waals surface area (Å²) in [5, 5.41) is 1.04. The Hall–Kier alpha value is -3.12. The predicted molar refractivity (Wildman–Crippen MR) is 124 cm³/mol. The molecule has 0 N–H and O–H groups in total. The number of fused-ring (bicyclic) bond motifs is 1. The molecule has 2 aromatic carbocycles. The van der Waals surface area contributed by atoms with Crippen molar-refractivity contribution in [2.45, 2.75) is 18.5 Å². The third kappa shape index (κ3) is 4.71. The molecule has 6 heteroatoms. The van der Waals surface area contributed by atoms with Gasteiger partial charge in [-0.25, -0.2) is 4.98 Å². The molecule has 0 unspecified atom stereocenters. The van der Waals surface area contributed by atoms with Crippen LogP contribution in [0.1, 0.15) is 12.5 Å². The number of hydrogen-bond acceptors (Lipinski definition) is 4. The van der Waals surface area contributed by atoms with Crippen molar-refractivity contribution < 1.29 is 4.79 Å². The topological polar surface area (TPSA) is 55.2 Å². The first kappa shape index (κ1) is 21.6. The highest BCUT2D eigenvalue weighted by atomic mass is 32.2. The average molecular weight is 420 g/mol. The molecule has 0 aliphatic heterocycles. The Morgan fingerprint density at radius 3 is 2.40 bits per heavy atom. The zero-order valence-corrected chi connectivity index (χ0v) is 17.9. The van der Waals surface area contributed by atoms with Gasteiger partial charge in [0.25, 0.3) is 5.56 Å². The van der Waals surface area contributed by atoms with E-state index in [1.54, 1.807) is 27.7 Å². The first-order valence-corrected chi connectivity index (χ1v) is 10.8. The average Bonchev–Trinajstić information content (AvgIpc) is 2.77. The van der Waals surface area contributed by atoms with Crippen LogP contribution in [0.15, 0.2) is 83.8 Å². The lowest BCUT2D eigenvalue weighted by Gasteiger charge is -2.19. The maximum atomic E-state index is 13.3. The lowest BCUT2D eigenvalue weighted by atomic mass is 10.1. The molecule has 0 atom stereocenters. The van der Waals surface area contributed by atoms with Crippen molar-refractivity contribution in [1.82, 2.24) is 14.5 Å². The van der Waals surface area contributed by atoms with Crippen molar-refractivity contribution in [3.63, 3.8) is 0 Å². The van der Waals surface area contributed by atoms with Crippen molar-refractivity contribution >= 4 is 28.6 Å². The van der Waals surface area contributed by atoms with Gasteiger partial charge in [0.2, 0.25) is 5.91 Å². The van der Waals surface area contributed by atoms with Crippen LogP contribution in [-0.2, 0) is 11.2 Å². The summed E-state index contributed by atoms with van der Waals surface area (Å²) in [4.78, 5) is 32.3. The van der Waals surface area contributed by atoms with Gasteiger partial charge in [-0.3, -0.25) is 14.2 Å². The van der Waals surface area contributed by atoms with E-state index in [1.165, 1.54) is 17.3 Å². The van der Waals surface area contributed by atoms with Crippen molar-refractivity contribution in [2.75, 3.05) is 18.8 Å². The molecule has 0 spiro atoms. The van der Waals surface area contributed by atoms with Crippen LogP contribution in [0.3, 0.4) is 0 Å². The predicted octanol–water partition coefficient (Wildman–Crippen LogP) is 4.24. The van der Waals surface area contributed by atoms with Gasteiger partial charge in [-0.15, -0.1) is 13.2 Å². The Morgan fingerprint density at radius 2 is 1.77 bits per heavy atom. The second-order valence-corrected chi connectivity index (χ2v) is 7.68. The van der Waals surface area contributed by atoms with E-state index >= 15 is 0 Å².